The van der Waals surface area contributed by atoms with E-state index in [0.717, 1.165) is 35.3 Å². The van der Waals surface area contributed by atoms with E-state index < -0.39 is 0 Å². The first-order valence-corrected chi connectivity index (χ1v) is 9.19. The average Bonchev–Trinajstić information content (AvgIpc) is 3.28. The van der Waals surface area contributed by atoms with Gasteiger partial charge in [-0.15, -0.1) is 0 Å². The van der Waals surface area contributed by atoms with Crippen LogP contribution in [-0.4, -0.2) is 15.5 Å². The Kier molecular flexibility index (Phi) is 4.57. The molecule has 1 unspecified atom stereocenters. The van der Waals surface area contributed by atoms with Gasteiger partial charge in [-0.05, 0) is 30.5 Å². The number of amides is 1. The van der Waals surface area contributed by atoms with Crippen LogP contribution in [0.5, 0.6) is 0 Å². The molecule has 1 aromatic heterocycles. The van der Waals surface area contributed by atoms with Crippen molar-refractivity contribution in [3.63, 3.8) is 0 Å². The van der Waals surface area contributed by atoms with Gasteiger partial charge in [-0.3, -0.25) is 4.79 Å². The Morgan fingerprint density at radius 1 is 1.19 bits per heavy atom. The predicted octanol–water partition coefficient (Wildman–Crippen LogP) is 3.92. The number of aryl methyl sites for hydroxylation is 2. The summed E-state index contributed by atoms with van der Waals surface area (Å²) in [6, 6.07) is 18.1. The van der Waals surface area contributed by atoms with Crippen molar-refractivity contribution < 1.29 is 4.79 Å². The summed E-state index contributed by atoms with van der Waals surface area (Å²) in [6.45, 7) is 3.53. The fraction of sp³-hybridized carbons (Fsp3) is 0.273. The van der Waals surface area contributed by atoms with Gasteiger partial charge in [-0.25, -0.2) is 4.98 Å². The van der Waals surface area contributed by atoms with E-state index >= 15 is 0 Å². The third-order valence-electron chi connectivity index (χ3n) is 5.04. The molecule has 26 heavy (non-hydrogen) atoms. The highest BCUT2D eigenvalue weighted by molar-refractivity contribution is 5.83. The Morgan fingerprint density at radius 3 is 2.85 bits per heavy atom. The van der Waals surface area contributed by atoms with E-state index in [0.29, 0.717) is 6.54 Å². The van der Waals surface area contributed by atoms with E-state index in [4.69, 9.17) is 4.98 Å². The molecule has 4 nitrogen and oxygen atoms in total. The molecule has 1 atom stereocenters. The quantitative estimate of drug-likeness (QED) is 0.762. The molecule has 3 aromatic rings. The lowest BCUT2D eigenvalue weighted by molar-refractivity contribution is -0.122. The maximum absolute atomic E-state index is 12.4. The zero-order chi connectivity index (χ0) is 17.9. The summed E-state index contributed by atoms with van der Waals surface area (Å²) in [5, 5.41) is 3.05. The molecule has 0 radical (unpaired) electrons. The van der Waals surface area contributed by atoms with Crippen LogP contribution in [0.15, 0.2) is 60.8 Å². The number of nitrogens with zero attached hydrogens (tertiary/aromatic N) is 2. The summed E-state index contributed by atoms with van der Waals surface area (Å²) < 4.78 is 2.24. The van der Waals surface area contributed by atoms with Crippen molar-refractivity contribution in [2.24, 2.45) is 0 Å². The monoisotopic (exact) mass is 345 g/mol. The zero-order valence-electron chi connectivity index (χ0n) is 15.0. The maximum Gasteiger partial charge on any atom is 0.227 e. The number of hydrogen-bond acceptors (Lipinski definition) is 2. The van der Waals surface area contributed by atoms with Crippen molar-refractivity contribution in [3.8, 4) is 11.3 Å². The molecule has 4 heteroatoms. The summed E-state index contributed by atoms with van der Waals surface area (Å²) in [5.41, 5.74) is 4.25. The van der Waals surface area contributed by atoms with E-state index in [9.17, 15) is 4.79 Å². The minimum absolute atomic E-state index is 0.0440. The zero-order valence-corrected chi connectivity index (χ0v) is 15.0. The number of rotatable bonds is 5. The number of aromatic nitrogens is 2. The Bertz CT molecular complexity index is 893. The molecule has 1 amide bonds. The van der Waals surface area contributed by atoms with Crippen molar-refractivity contribution in [3.05, 3.63) is 77.7 Å². The Hall–Kier alpha value is -2.88. The van der Waals surface area contributed by atoms with Gasteiger partial charge >= 0.3 is 0 Å². The van der Waals surface area contributed by atoms with Gasteiger partial charge in [0, 0.05) is 31.3 Å². The Balaban J connectivity index is 1.43. The van der Waals surface area contributed by atoms with Gasteiger partial charge < -0.3 is 9.88 Å². The van der Waals surface area contributed by atoms with E-state index in [1.54, 1.807) is 0 Å². The number of carbonyl (C=O) groups excluding carboxylic acids is 1. The molecule has 2 heterocycles. The molecule has 0 bridgehead atoms. The molecule has 132 valence electrons. The SMILES string of the molecule is CC(C(=O)NCc1cccc(-c2cn3c(n2)CCC3)c1)c1ccccc1. The molecule has 2 aromatic carbocycles. The van der Waals surface area contributed by atoms with Gasteiger partial charge in [0.2, 0.25) is 5.91 Å². The second kappa shape index (κ2) is 7.16. The molecule has 0 fully saturated rings. The lowest BCUT2D eigenvalue weighted by atomic mass is 10.0. The number of carbonyl (C=O) groups is 1. The molecule has 0 aliphatic carbocycles. The molecule has 4 rings (SSSR count). The minimum atomic E-state index is -0.157. The van der Waals surface area contributed by atoms with Crippen LogP contribution >= 0.6 is 0 Å². The van der Waals surface area contributed by atoms with Crippen LogP contribution in [0.25, 0.3) is 11.3 Å². The van der Waals surface area contributed by atoms with Crippen LogP contribution in [0.3, 0.4) is 0 Å². The number of fused-ring (bicyclic) bond motifs is 1. The number of benzene rings is 2. The average molecular weight is 345 g/mol. The number of nitrogens with one attached hydrogen (secondary N) is 1. The first-order chi connectivity index (χ1) is 12.7. The van der Waals surface area contributed by atoms with Gasteiger partial charge in [0.1, 0.15) is 5.82 Å². The minimum Gasteiger partial charge on any atom is -0.352 e. The third-order valence-corrected chi connectivity index (χ3v) is 5.04. The lowest BCUT2D eigenvalue weighted by Gasteiger charge is -2.13. The predicted molar refractivity (Wildman–Crippen MR) is 103 cm³/mol. The van der Waals surface area contributed by atoms with Gasteiger partial charge in [0.25, 0.3) is 0 Å². The van der Waals surface area contributed by atoms with Crippen LogP contribution in [0.1, 0.15) is 36.2 Å². The molecule has 1 aliphatic rings. The molecular weight excluding hydrogens is 322 g/mol. The standard InChI is InChI=1S/C22H23N3O/c1-16(18-8-3-2-4-9-18)22(26)23-14-17-7-5-10-19(13-17)20-15-25-12-6-11-21(25)24-20/h2-5,7-10,13,15-16H,6,11-12,14H2,1H3,(H,23,26). The first kappa shape index (κ1) is 16.6. The highest BCUT2D eigenvalue weighted by atomic mass is 16.1. The van der Waals surface area contributed by atoms with Crippen LogP contribution in [0.2, 0.25) is 0 Å². The van der Waals surface area contributed by atoms with Crippen molar-refractivity contribution in [2.75, 3.05) is 0 Å². The normalized spacial score (nSPS) is 14.0. The van der Waals surface area contributed by atoms with Gasteiger partial charge in [0.05, 0.1) is 11.6 Å². The fourth-order valence-electron chi connectivity index (χ4n) is 3.47. The summed E-state index contributed by atoms with van der Waals surface area (Å²) in [7, 11) is 0. The summed E-state index contributed by atoms with van der Waals surface area (Å²) in [5.74, 6) is 1.06. The largest absolute Gasteiger partial charge is 0.352 e. The summed E-state index contributed by atoms with van der Waals surface area (Å²) in [6.07, 6.45) is 4.39. The van der Waals surface area contributed by atoms with Crippen LogP contribution < -0.4 is 5.32 Å². The van der Waals surface area contributed by atoms with Crippen molar-refractivity contribution in [1.82, 2.24) is 14.9 Å². The molecule has 0 saturated heterocycles. The lowest BCUT2D eigenvalue weighted by Crippen LogP contribution is -2.27. The van der Waals surface area contributed by atoms with Gasteiger partial charge in [-0.2, -0.15) is 0 Å². The summed E-state index contributed by atoms with van der Waals surface area (Å²) >= 11 is 0. The Labute approximate surface area is 153 Å². The van der Waals surface area contributed by atoms with E-state index in [1.165, 1.54) is 12.2 Å². The maximum atomic E-state index is 12.4. The van der Waals surface area contributed by atoms with Crippen LogP contribution in [0, 0.1) is 0 Å². The van der Waals surface area contributed by atoms with E-state index in [-0.39, 0.29) is 11.8 Å². The van der Waals surface area contributed by atoms with Crippen molar-refractivity contribution >= 4 is 5.91 Å². The highest BCUT2D eigenvalue weighted by Gasteiger charge is 2.16. The molecule has 0 spiro atoms. The van der Waals surface area contributed by atoms with Crippen LogP contribution in [-0.2, 0) is 24.3 Å². The molecular formula is C22H23N3O. The van der Waals surface area contributed by atoms with Crippen molar-refractivity contribution in [1.29, 1.82) is 0 Å². The number of hydrogen-bond donors (Lipinski definition) is 1. The van der Waals surface area contributed by atoms with Gasteiger partial charge in [0.15, 0.2) is 0 Å². The molecule has 1 aliphatic heterocycles. The second-order valence-corrected chi connectivity index (χ2v) is 6.89. The summed E-state index contributed by atoms with van der Waals surface area (Å²) in [4.78, 5) is 17.2. The smallest absolute Gasteiger partial charge is 0.227 e. The topological polar surface area (TPSA) is 46.9 Å². The first-order valence-electron chi connectivity index (χ1n) is 9.19. The van der Waals surface area contributed by atoms with Gasteiger partial charge in [-0.1, -0.05) is 48.5 Å². The molecule has 1 N–H and O–H groups in total. The molecule has 0 saturated carbocycles. The van der Waals surface area contributed by atoms with Crippen LogP contribution in [0.4, 0.5) is 0 Å². The number of imidazole rings is 1. The fourth-order valence-corrected chi connectivity index (χ4v) is 3.47. The second-order valence-electron chi connectivity index (χ2n) is 6.89. The highest BCUT2D eigenvalue weighted by Crippen LogP contribution is 2.23. The Morgan fingerprint density at radius 2 is 2.04 bits per heavy atom. The third kappa shape index (κ3) is 3.40. The van der Waals surface area contributed by atoms with E-state index in [1.807, 2.05) is 49.4 Å². The van der Waals surface area contributed by atoms with Crippen molar-refractivity contribution in [2.45, 2.75) is 38.8 Å². The van der Waals surface area contributed by atoms with E-state index in [2.05, 4.69) is 28.2 Å².